The predicted molar refractivity (Wildman–Crippen MR) is 129 cm³/mol. The summed E-state index contributed by atoms with van der Waals surface area (Å²) in [6.45, 7) is 6.61. The highest BCUT2D eigenvalue weighted by Crippen LogP contribution is 2.25. The lowest BCUT2D eigenvalue weighted by atomic mass is 9.98. The Morgan fingerprint density at radius 1 is 1.19 bits per heavy atom. The van der Waals surface area contributed by atoms with E-state index >= 15 is 0 Å². The Hall–Kier alpha value is -2.35. The second-order valence-corrected chi connectivity index (χ2v) is 9.26. The molecule has 4 rings (SSSR count). The standard InChI is InChI=1S/C24H26ClN3O3S/c1-3-16(2)17-4-7-19(8-5-17)28-23(30)20-9-6-18(25)14-21(20)26-24(28)32-15-22(29)27-10-12-31-13-11-27/h4-9,14,16H,3,10-13,15H2,1-2H3. The van der Waals surface area contributed by atoms with Crippen molar-refractivity contribution in [2.45, 2.75) is 31.3 Å². The molecule has 2 aromatic carbocycles. The first-order valence-electron chi connectivity index (χ1n) is 10.8. The Balaban J connectivity index is 1.72. The van der Waals surface area contributed by atoms with Crippen molar-refractivity contribution in [3.05, 3.63) is 63.4 Å². The maximum atomic E-state index is 13.4. The van der Waals surface area contributed by atoms with Gasteiger partial charge in [-0.2, -0.15) is 0 Å². The van der Waals surface area contributed by atoms with Crippen molar-refractivity contribution < 1.29 is 9.53 Å². The van der Waals surface area contributed by atoms with Crippen molar-refractivity contribution in [1.29, 1.82) is 0 Å². The smallest absolute Gasteiger partial charge is 0.266 e. The van der Waals surface area contributed by atoms with Gasteiger partial charge in [-0.25, -0.2) is 4.98 Å². The monoisotopic (exact) mass is 471 g/mol. The summed E-state index contributed by atoms with van der Waals surface area (Å²) < 4.78 is 6.92. The first kappa shape index (κ1) is 22.8. The average molecular weight is 472 g/mol. The molecule has 1 atom stereocenters. The highest BCUT2D eigenvalue weighted by atomic mass is 35.5. The summed E-state index contributed by atoms with van der Waals surface area (Å²) >= 11 is 7.41. The van der Waals surface area contributed by atoms with E-state index in [1.54, 1.807) is 27.7 Å². The first-order chi connectivity index (χ1) is 15.5. The molecule has 0 saturated carbocycles. The summed E-state index contributed by atoms with van der Waals surface area (Å²) in [4.78, 5) is 32.6. The Morgan fingerprint density at radius 2 is 1.91 bits per heavy atom. The van der Waals surface area contributed by atoms with Crippen LogP contribution in [-0.4, -0.2) is 52.4 Å². The van der Waals surface area contributed by atoms with Gasteiger partial charge in [-0.05, 0) is 48.2 Å². The molecule has 0 radical (unpaired) electrons. The van der Waals surface area contributed by atoms with Crippen molar-refractivity contribution in [1.82, 2.24) is 14.5 Å². The number of rotatable bonds is 6. The minimum absolute atomic E-state index is 0.0115. The van der Waals surface area contributed by atoms with Crippen molar-refractivity contribution in [3.8, 4) is 5.69 Å². The Morgan fingerprint density at radius 3 is 2.59 bits per heavy atom. The number of fused-ring (bicyclic) bond motifs is 1. The summed E-state index contributed by atoms with van der Waals surface area (Å²) in [5.41, 5.74) is 2.30. The van der Waals surface area contributed by atoms with Crippen LogP contribution in [0, 0.1) is 0 Å². The molecule has 3 aromatic rings. The minimum atomic E-state index is -0.177. The lowest BCUT2D eigenvalue weighted by Crippen LogP contribution is -2.41. The highest BCUT2D eigenvalue weighted by molar-refractivity contribution is 7.99. The zero-order valence-electron chi connectivity index (χ0n) is 18.2. The topological polar surface area (TPSA) is 64.4 Å². The molecule has 8 heteroatoms. The maximum absolute atomic E-state index is 13.4. The fourth-order valence-corrected chi connectivity index (χ4v) is 4.76. The van der Waals surface area contributed by atoms with Gasteiger partial charge in [0, 0.05) is 18.1 Å². The minimum Gasteiger partial charge on any atom is -0.378 e. The van der Waals surface area contributed by atoms with Crippen molar-refractivity contribution >= 4 is 40.2 Å². The number of thioether (sulfide) groups is 1. The molecule has 1 saturated heterocycles. The number of nitrogens with zero attached hydrogens (tertiary/aromatic N) is 3. The molecule has 1 aliphatic rings. The zero-order valence-corrected chi connectivity index (χ0v) is 19.8. The molecule has 1 aliphatic heterocycles. The molecule has 0 N–H and O–H groups in total. The predicted octanol–water partition coefficient (Wildman–Crippen LogP) is 4.50. The van der Waals surface area contributed by atoms with Gasteiger partial charge in [-0.15, -0.1) is 0 Å². The van der Waals surface area contributed by atoms with Crippen LogP contribution in [0.25, 0.3) is 16.6 Å². The number of carbonyl (C=O) groups excluding carboxylic acids is 1. The fraction of sp³-hybridized carbons (Fsp3) is 0.375. The molecule has 1 aromatic heterocycles. The Bertz CT molecular complexity index is 1170. The van der Waals surface area contributed by atoms with E-state index in [0.717, 1.165) is 12.1 Å². The van der Waals surface area contributed by atoms with E-state index in [1.165, 1.54) is 17.3 Å². The van der Waals surface area contributed by atoms with Crippen LogP contribution < -0.4 is 5.56 Å². The summed E-state index contributed by atoms with van der Waals surface area (Å²) in [6.07, 6.45) is 1.04. The summed E-state index contributed by atoms with van der Waals surface area (Å²) in [5.74, 6) is 0.652. The zero-order chi connectivity index (χ0) is 22.7. The number of aromatic nitrogens is 2. The molecule has 168 valence electrons. The van der Waals surface area contributed by atoms with E-state index in [1.807, 2.05) is 12.1 Å². The van der Waals surface area contributed by atoms with Crippen LogP contribution in [0.1, 0.15) is 31.7 Å². The largest absolute Gasteiger partial charge is 0.378 e. The molecule has 1 amide bonds. The molecular weight excluding hydrogens is 446 g/mol. The summed E-state index contributed by atoms with van der Waals surface area (Å²) in [6, 6.07) is 13.1. The lowest BCUT2D eigenvalue weighted by Gasteiger charge is -2.26. The van der Waals surface area contributed by atoms with Crippen molar-refractivity contribution in [3.63, 3.8) is 0 Å². The van der Waals surface area contributed by atoms with Gasteiger partial charge in [0.05, 0.1) is 35.6 Å². The Kier molecular flexibility index (Phi) is 7.18. The Labute approximate surface area is 196 Å². The number of morpholine rings is 1. The molecule has 0 spiro atoms. The summed E-state index contributed by atoms with van der Waals surface area (Å²) in [7, 11) is 0. The van der Waals surface area contributed by atoms with Crippen molar-refractivity contribution in [2.75, 3.05) is 32.1 Å². The van der Waals surface area contributed by atoms with Gasteiger partial charge in [0.1, 0.15) is 0 Å². The molecular formula is C24H26ClN3O3S. The van der Waals surface area contributed by atoms with Gasteiger partial charge >= 0.3 is 0 Å². The fourth-order valence-electron chi connectivity index (χ4n) is 3.68. The molecule has 0 aliphatic carbocycles. The van der Waals surface area contributed by atoms with E-state index in [2.05, 4.69) is 26.0 Å². The van der Waals surface area contributed by atoms with Gasteiger partial charge in [0.2, 0.25) is 5.91 Å². The third kappa shape index (κ3) is 4.85. The van der Waals surface area contributed by atoms with E-state index in [9.17, 15) is 9.59 Å². The summed E-state index contributed by atoms with van der Waals surface area (Å²) in [5, 5.41) is 1.48. The SMILES string of the molecule is CCC(C)c1ccc(-n2c(SCC(=O)N3CCOCC3)nc3cc(Cl)ccc3c2=O)cc1. The van der Waals surface area contributed by atoms with E-state index in [4.69, 9.17) is 21.3 Å². The number of hydrogen-bond donors (Lipinski definition) is 0. The van der Waals surface area contributed by atoms with Crippen LogP contribution in [0.5, 0.6) is 0 Å². The van der Waals surface area contributed by atoms with Gasteiger partial charge in [-0.1, -0.05) is 49.3 Å². The van der Waals surface area contributed by atoms with Gasteiger partial charge in [0.15, 0.2) is 5.16 Å². The second-order valence-electron chi connectivity index (χ2n) is 7.88. The van der Waals surface area contributed by atoms with Crippen molar-refractivity contribution in [2.24, 2.45) is 0 Å². The third-order valence-corrected chi connectivity index (χ3v) is 6.98. The van der Waals surface area contributed by atoms with E-state index < -0.39 is 0 Å². The van der Waals surface area contributed by atoms with Crippen LogP contribution in [0.2, 0.25) is 5.02 Å². The van der Waals surface area contributed by atoms with E-state index in [0.29, 0.717) is 53.3 Å². The number of halogens is 1. The van der Waals surface area contributed by atoms with Gasteiger partial charge in [0.25, 0.3) is 5.56 Å². The molecule has 2 heterocycles. The third-order valence-electron chi connectivity index (χ3n) is 5.82. The van der Waals surface area contributed by atoms with Crippen LogP contribution in [0.3, 0.4) is 0 Å². The highest BCUT2D eigenvalue weighted by Gasteiger charge is 2.20. The second kappa shape index (κ2) is 10.1. The van der Waals surface area contributed by atoms with Crippen LogP contribution >= 0.6 is 23.4 Å². The number of benzene rings is 2. The van der Waals surface area contributed by atoms with E-state index in [-0.39, 0.29) is 17.2 Å². The van der Waals surface area contributed by atoms with Crippen LogP contribution in [0.15, 0.2) is 52.4 Å². The molecule has 32 heavy (non-hydrogen) atoms. The number of hydrogen-bond acceptors (Lipinski definition) is 5. The molecule has 1 fully saturated rings. The van der Waals surface area contributed by atoms with Gasteiger partial charge in [-0.3, -0.25) is 14.2 Å². The number of amides is 1. The molecule has 1 unspecified atom stereocenters. The quantitative estimate of drug-likeness (QED) is 0.391. The van der Waals surface area contributed by atoms with Gasteiger partial charge < -0.3 is 9.64 Å². The van der Waals surface area contributed by atoms with Crippen LogP contribution in [0.4, 0.5) is 0 Å². The average Bonchev–Trinajstić information content (AvgIpc) is 2.82. The molecule has 0 bridgehead atoms. The lowest BCUT2D eigenvalue weighted by molar-refractivity contribution is -0.132. The maximum Gasteiger partial charge on any atom is 0.266 e. The number of carbonyl (C=O) groups is 1. The first-order valence-corrected chi connectivity index (χ1v) is 12.1. The normalized spacial score (nSPS) is 15.2. The number of ether oxygens (including phenoxy) is 1. The van der Waals surface area contributed by atoms with Crippen LogP contribution in [-0.2, 0) is 9.53 Å². The molecule has 6 nitrogen and oxygen atoms in total.